The first kappa shape index (κ1) is 21.7. The first-order valence-electron chi connectivity index (χ1n) is 9.42. The van der Waals surface area contributed by atoms with Gasteiger partial charge in [-0.1, -0.05) is 30.3 Å². The number of ketones is 1. The maximum absolute atomic E-state index is 12.5. The maximum atomic E-state index is 12.5. The summed E-state index contributed by atoms with van der Waals surface area (Å²) in [6.07, 6.45) is 4.50. The van der Waals surface area contributed by atoms with Crippen molar-refractivity contribution in [1.82, 2.24) is 10.2 Å². The summed E-state index contributed by atoms with van der Waals surface area (Å²) in [6.45, 7) is 2.93. The molecule has 0 heterocycles. The molecule has 0 saturated carbocycles. The quantitative estimate of drug-likeness (QED) is 0.365. The van der Waals surface area contributed by atoms with Crippen LogP contribution in [0.1, 0.15) is 27.9 Å². The summed E-state index contributed by atoms with van der Waals surface area (Å²) in [5.41, 5.74) is 2.69. The van der Waals surface area contributed by atoms with Crippen LogP contribution in [0.25, 0.3) is 6.08 Å². The molecule has 0 spiro atoms. The minimum Gasteiger partial charge on any atom is -0.497 e. The van der Waals surface area contributed by atoms with Crippen molar-refractivity contribution in [2.45, 2.75) is 13.0 Å². The van der Waals surface area contributed by atoms with Crippen LogP contribution in [0.4, 0.5) is 0 Å². The van der Waals surface area contributed by atoms with Crippen molar-refractivity contribution in [3.8, 4) is 11.5 Å². The van der Waals surface area contributed by atoms with Crippen molar-refractivity contribution in [1.29, 1.82) is 0 Å². The maximum Gasteiger partial charge on any atom is 0.189 e. The first-order valence-corrected chi connectivity index (χ1v) is 9.42. The Morgan fingerprint density at radius 3 is 2.46 bits per heavy atom. The van der Waals surface area contributed by atoms with Crippen molar-refractivity contribution >= 4 is 11.9 Å². The van der Waals surface area contributed by atoms with Gasteiger partial charge in [-0.05, 0) is 69.0 Å². The van der Waals surface area contributed by atoms with Crippen LogP contribution in [0.2, 0.25) is 0 Å². The molecule has 2 aromatic rings. The molecule has 150 valence electrons. The second-order valence-electron chi connectivity index (χ2n) is 6.84. The number of carbonyl (C=O) groups excluding carboxylic acids is 1. The third-order valence-electron chi connectivity index (χ3n) is 4.37. The van der Waals surface area contributed by atoms with Gasteiger partial charge in [0.15, 0.2) is 5.78 Å². The molecule has 2 rings (SSSR count). The molecular weight excluding hydrogens is 352 g/mol. The molecule has 0 saturated heterocycles. The van der Waals surface area contributed by atoms with E-state index in [0.717, 1.165) is 31.6 Å². The number of nitrogens with one attached hydrogen (secondary N) is 1. The van der Waals surface area contributed by atoms with Crippen molar-refractivity contribution in [2.75, 3.05) is 41.4 Å². The van der Waals surface area contributed by atoms with Crippen molar-refractivity contribution < 1.29 is 14.3 Å². The summed E-state index contributed by atoms with van der Waals surface area (Å²) in [4.78, 5) is 14.7. The Hall–Kier alpha value is -2.63. The summed E-state index contributed by atoms with van der Waals surface area (Å²) in [6, 6.07) is 13.4. The first-order chi connectivity index (χ1) is 13.5. The molecule has 0 aromatic heterocycles. The molecule has 28 heavy (non-hydrogen) atoms. The highest BCUT2D eigenvalue weighted by molar-refractivity contribution is 6.08. The number of hydrogen-bond donors (Lipinski definition) is 1. The van der Waals surface area contributed by atoms with Gasteiger partial charge in [-0.15, -0.1) is 0 Å². The standard InChI is InChI=1S/C23H30N2O3/c1-25(2)15-5-14-24-17-19-8-6-18(7-9-19)10-12-22(26)21-16-20(27-3)11-13-23(21)28-4/h6-13,16,24H,5,14-15,17H2,1-4H3/b12-10+. The molecule has 0 unspecified atom stereocenters. The lowest BCUT2D eigenvalue weighted by Gasteiger charge is -2.10. The van der Waals surface area contributed by atoms with Gasteiger partial charge in [-0.25, -0.2) is 0 Å². The largest absolute Gasteiger partial charge is 0.497 e. The Labute approximate surface area is 168 Å². The van der Waals surface area contributed by atoms with Gasteiger partial charge in [-0.2, -0.15) is 0 Å². The topological polar surface area (TPSA) is 50.8 Å². The van der Waals surface area contributed by atoms with Gasteiger partial charge in [0.1, 0.15) is 11.5 Å². The highest BCUT2D eigenvalue weighted by Crippen LogP contribution is 2.24. The van der Waals surface area contributed by atoms with Gasteiger partial charge in [0.05, 0.1) is 19.8 Å². The highest BCUT2D eigenvalue weighted by atomic mass is 16.5. The van der Waals surface area contributed by atoms with E-state index in [4.69, 9.17) is 9.47 Å². The molecule has 0 fully saturated rings. The third-order valence-corrected chi connectivity index (χ3v) is 4.37. The number of rotatable bonds is 11. The van der Waals surface area contributed by atoms with E-state index < -0.39 is 0 Å². The summed E-state index contributed by atoms with van der Waals surface area (Å²) in [5.74, 6) is 1.04. The number of hydrogen-bond acceptors (Lipinski definition) is 5. The second-order valence-corrected chi connectivity index (χ2v) is 6.84. The lowest BCUT2D eigenvalue weighted by molar-refractivity contribution is 0.104. The van der Waals surface area contributed by atoms with Gasteiger partial charge >= 0.3 is 0 Å². The van der Waals surface area contributed by atoms with Crippen LogP contribution in [0.3, 0.4) is 0 Å². The molecular formula is C23H30N2O3. The van der Waals surface area contributed by atoms with Crippen molar-refractivity contribution in [3.63, 3.8) is 0 Å². The zero-order valence-electron chi connectivity index (χ0n) is 17.2. The van der Waals surface area contributed by atoms with Crippen molar-refractivity contribution in [2.24, 2.45) is 0 Å². The Morgan fingerprint density at radius 2 is 1.82 bits per heavy atom. The molecule has 0 radical (unpaired) electrons. The molecule has 1 N–H and O–H groups in total. The number of ether oxygens (including phenoxy) is 2. The number of benzene rings is 2. The van der Waals surface area contributed by atoms with Gasteiger partial charge in [0, 0.05) is 6.54 Å². The molecule has 0 atom stereocenters. The predicted molar refractivity (Wildman–Crippen MR) is 114 cm³/mol. The fraction of sp³-hybridized carbons (Fsp3) is 0.348. The Balaban J connectivity index is 1.93. The van der Waals surface area contributed by atoms with Crippen LogP contribution in [0.5, 0.6) is 11.5 Å². The van der Waals surface area contributed by atoms with Crippen LogP contribution in [-0.4, -0.2) is 52.1 Å². The van der Waals surface area contributed by atoms with Crippen LogP contribution in [0.15, 0.2) is 48.5 Å². The van der Waals surface area contributed by atoms with E-state index in [2.05, 4.69) is 36.4 Å². The summed E-state index contributed by atoms with van der Waals surface area (Å²) < 4.78 is 10.5. The molecule has 5 heteroatoms. The van der Waals surface area contributed by atoms with Crippen LogP contribution in [0, 0.1) is 0 Å². The minimum absolute atomic E-state index is 0.123. The SMILES string of the molecule is COc1ccc(OC)c(C(=O)/C=C/c2ccc(CNCCCN(C)C)cc2)c1. The zero-order valence-corrected chi connectivity index (χ0v) is 17.2. The fourth-order valence-corrected chi connectivity index (χ4v) is 2.77. The van der Waals surface area contributed by atoms with E-state index in [-0.39, 0.29) is 5.78 Å². The van der Waals surface area contributed by atoms with E-state index in [1.807, 2.05) is 18.2 Å². The number of methoxy groups -OCH3 is 2. The Kier molecular flexibility index (Phi) is 8.72. The van der Waals surface area contributed by atoms with Crippen LogP contribution >= 0.6 is 0 Å². The van der Waals surface area contributed by atoms with Gasteiger partial charge in [-0.3, -0.25) is 4.79 Å². The van der Waals surface area contributed by atoms with Crippen LogP contribution < -0.4 is 14.8 Å². The fourth-order valence-electron chi connectivity index (χ4n) is 2.77. The van der Waals surface area contributed by atoms with E-state index in [0.29, 0.717) is 17.1 Å². The van der Waals surface area contributed by atoms with Gasteiger partial charge in [0.2, 0.25) is 0 Å². The Bertz CT molecular complexity index is 783. The monoisotopic (exact) mass is 382 g/mol. The summed E-state index contributed by atoms with van der Waals surface area (Å²) in [7, 11) is 7.29. The molecule has 0 bridgehead atoms. The number of allylic oxidation sites excluding steroid dienone is 1. The molecule has 2 aromatic carbocycles. The molecule has 0 amide bonds. The number of nitrogens with zero attached hydrogens (tertiary/aromatic N) is 1. The molecule has 0 aliphatic rings. The lowest BCUT2D eigenvalue weighted by Crippen LogP contribution is -2.20. The average Bonchev–Trinajstić information content (AvgIpc) is 2.71. The molecule has 5 nitrogen and oxygen atoms in total. The summed E-state index contributed by atoms with van der Waals surface area (Å²) >= 11 is 0. The van der Waals surface area contributed by atoms with E-state index in [9.17, 15) is 4.79 Å². The predicted octanol–water partition coefficient (Wildman–Crippen LogP) is 3.64. The molecule has 0 aliphatic carbocycles. The molecule has 0 aliphatic heterocycles. The van der Waals surface area contributed by atoms with E-state index in [1.54, 1.807) is 38.5 Å². The lowest BCUT2D eigenvalue weighted by atomic mass is 10.1. The Morgan fingerprint density at radius 1 is 1.07 bits per heavy atom. The van der Waals surface area contributed by atoms with Gasteiger partial charge in [0.25, 0.3) is 0 Å². The second kappa shape index (κ2) is 11.3. The normalized spacial score (nSPS) is 11.2. The van der Waals surface area contributed by atoms with E-state index in [1.165, 1.54) is 5.56 Å². The zero-order chi connectivity index (χ0) is 20.4. The van der Waals surface area contributed by atoms with Gasteiger partial charge < -0.3 is 19.7 Å². The van der Waals surface area contributed by atoms with E-state index >= 15 is 0 Å². The van der Waals surface area contributed by atoms with Crippen LogP contribution in [-0.2, 0) is 6.54 Å². The smallest absolute Gasteiger partial charge is 0.189 e. The minimum atomic E-state index is -0.123. The highest BCUT2D eigenvalue weighted by Gasteiger charge is 2.11. The third kappa shape index (κ3) is 6.83. The summed E-state index contributed by atoms with van der Waals surface area (Å²) in [5, 5.41) is 3.45. The average molecular weight is 383 g/mol. The van der Waals surface area contributed by atoms with Crippen molar-refractivity contribution in [3.05, 3.63) is 65.2 Å². The number of carbonyl (C=O) groups is 1.